The first-order valence-corrected chi connectivity index (χ1v) is 4.63. The topological polar surface area (TPSA) is 12.5 Å². The maximum absolute atomic E-state index is 5.43. The monoisotopic (exact) mass is 157 g/mol. The van der Waals surface area contributed by atoms with Gasteiger partial charge in [-0.1, -0.05) is 0 Å². The molecular formula is C9H19NO. The minimum Gasteiger partial charge on any atom is -0.379 e. The normalized spacial score (nSPS) is 18.8. The van der Waals surface area contributed by atoms with E-state index in [1.807, 2.05) is 0 Å². The largest absolute Gasteiger partial charge is 0.379 e. The Morgan fingerprint density at radius 2 is 2.09 bits per heavy atom. The Hall–Kier alpha value is -0.0800. The van der Waals surface area contributed by atoms with Crippen molar-refractivity contribution in [3.05, 3.63) is 0 Å². The Labute approximate surface area is 69.5 Å². The maximum Gasteiger partial charge on any atom is 0.0518 e. The summed E-state index contributed by atoms with van der Waals surface area (Å²) in [7, 11) is 0. The molecule has 1 fully saturated rings. The zero-order chi connectivity index (χ0) is 8.10. The van der Waals surface area contributed by atoms with E-state index in [4.69, 9.17) is 4.74 Å². The molecule has 66 valence electrons. The first kappa shape index (κ1) is 9.01. The number of hydrogen-bond acceptors (Lipinski definition) is 2. The lowest BCUT2D eigenvalue weighted by molar-refractivity contribution is 0.0648. The fourth-order valence-corrected chi connectivity index (χ4v) is 1.21. The van der Waals surface area contributed by atoms with Crippen molar-refractivity contribution in [1.82, 2.24) is 4.90 Å². The highest BCUT2D eigenvalue weighted by Crippen LogP contribution is 2.05. The van der Waals surface area contributed by atoms with Crippen LogP contribution >= 0.6 is 0 Å². The van der Waals surface area contributed by atoms with Crippen molar-refractivity contribution in [3.8, 4) is 0 Å². The number of ether oxygens (including phenoxy) is 1. The third-order valence-electron chi connectivity index (χ3n) is 2.02. The standard InChI is InChI=1S/C9H19NO/c1-9(2)11-8-4-7-10-5-3-6-10/h9H,3-8H2,1-2H3. The molecule has 0 aromatic heterocycles. The van der Waals surface area contributed by atoms with Crippen LogP contribution in [0.2, 0.25) is 0 Å². The van der Waals surface area contributed by atoms with Gasteiger partial charge in [-0.05, 0) is 39.8 Å². The van der Waals surface area contributed by atoms with Gasteiger partial charge in [-0.15, -0.1) is 0 Å². The Balaban J connectivity index is 1.80. The van der Waals surface area contributed by atoms with Crippen LogP contribution in [0.1, 0.15) is 26.7 Å². The highest BCUT2D eigenvalue weighted by Gasteiger charge is 2.11. The predicted molar refractivity (Wildman–Crippen MR) is 46.8 cm³/mol. The number of nitrogens with zero attached hydrogens (tertiary/aromatic N) is 1. The Kier molecular flexibility index (Phi) is 3.87. The zero-order valence-electron chi connectivity index (χ0n) is 7.68. The van der Waals surface area contributed by atoms with E-state index in [2.05, 4.69) is 18.7 Å². The van der Waals surface area contributed by atoms with Gasteiger partial charge in [0.1, 0.15) is 0 Å². The molecule has 11 heavy (non-hydrogen) atoms. The van der Waals surface area contributed by atoms with Crippen molar-refractivity contribution < 1.29 is 4.74 Å². The van der Waals surface area contributed by atoms with Crippen molar-refractivity contribution in [2.45, 2.75) is 32.8 Å². The van der Waals surface area contributed by atoms with Gasteiger partial charge in [-0.25, -0.2) is 0 Å². The molecule has 1 heterocycles. The molecule has 2 nitrogen and oxygen atoms in total. The first-order valence-electron chi connectivity index (χ1n) is 4.63. The van der Waals surface area contributed by atoms with Crippen molar-refractivity contribution in [1.29, 1.82) is 0 Å². The fraction of sp³-hybridized carbons (Fsp3) is 1.00. The van der Waals surface area contributed by atoms with E-state index in [0.29, 0.717) is 6.10 Å². The Morgan fingerprint density at radius 1 is 1.36 bits per heavy atom. The van der Waals surface area contributed by atoms with Crippen molar-refractivity contribution >= 4 is 0 Å². The molecule has 0 amide bonds. The van der Waals surface area contributed by atoms with Crippen molar-refractivity contribution in [2.75, 3.05) is 26.2 Å². The molecule has 0 N–H and O–H groups in total. The maximum atomic E-state index is 5.43. The van der Waals surface area contributed by atoms with Crippen molar-refractivity contribution in [2.24, 2.45) is 0 Å². The summed E-state index contributed by atoms with van der Waals surface area (Å²) >= 11 is 0. The molecule has 1 rings (SSSR count). The Bertz CT molecular complexity index is 99.7. The van der Waals surface area contributed by atoms with Crippen LogP contribution in [0.3, 0.4) is 0 Å². The van der Waals surface area contributed by atoms with E-state index in [-0.39, 0.29) is 0 Å². The number of rotatable bonds is 5. The lowest BCUT2D eigenvalue weighted by Crippen LogP contribution is -2.38. The molecule has 0 bridgehead atoms. The van der Waals surface area contributed by atoms with Gasteiger partial charge in [0.2, 0.25) is 0 Å². The van der Waals surface area contributed by atoms with Crippen LogP contribution in [-0.2, 0) is 4.74 Å². The third kappa shape index (κ3) is 3.73. The average molecular weight is 157 g/mol. The second-order valence-electron chi connectivity index (χ2n) is 3.47. The highest BCUT2D eigenvalue weighted by atomic mass is 16.5. The van der Waals surface area contributed by atoms with Gasteiger partial charge in [0.15, 0.2) is 0 Å². The quantitative estimate of drug-likeness (QED) is 0.561. The van der Waals surface area contributed by atoms with Crippen LogP contribution in [0.4, 0.5) is 0 Å². The lowest BCUT2D eigenvalue weighted by atomic mass is 10.2. The number of hydrogen-bond donors (Lipinski definition) is 0. The van der Waals surface area contributed by atoms with Gasteiger partial charge in [0, 0.05) is 13.2 Å². The Morgan fingerprint density at radius 3 is 2.55 bits per heavy atom. The van der Waals surface area contributed by atoms with E-state index in [0.717, 1.165) is 6.61 Å². The minimum absolute atomic E-state index is 0.395. The summed E-state index contributed by atoms with van der Waals surface area (Å²) in [5, 5.41) is 0. The zero-order valence-corrected chi connectivity index (χ0v) is 7.68. The summed E-state index contributed by atoms with van der Waals surface area (Å²) in [5.41, 5.74) is 0. The predicted octanol–water partition coefficient (Wildman–Crippen LogP) is 1.51. The molecule has 0 atom stereocenters. The van der Waals surface area contributed by atoms with E-state index in [9.17, 15) is 0 Å². The van der Waals surface area contributed by atoms with Gasteiger partial charge in [0.25, 0.3) is 0 Å². The molecule has 0 aromatic carbocycles. The van der Waals surface area contributed by atoms with Gasteiger partial charge in [-0.2, -0.15) is 0 Å². The second-order valence-corrected chi connectivity index (χ2v) is 3.47. The van der Waals surface area contributed by atoms with Crippen LogP contribution < -0.4 is 0 Å². The molecule has 0 aromatic rings. The SMILES string of the molecule is CC(C)OCCCN1CCC1. The molecule has 1 aliphatic heterocycles. The number of likely N-dealkylation sites (tertiary alicyclic amines) is 1. The summed E-state index contributed by atoms with van der Waals surface area (Å²) in [4.78, 5) is 2.48. The molecule has 2 heteroatoms. The summed E-state index contributed by atoms with van der Waals surface area (Å²) in [6.45, 7) is 8.94. The van der Waals surface area contributed by atoms with Gasteiger partial charge in [0.05, 0.1) is 6.10 Å². The highest BCUT2D eigenvalue weighted by molar-refractivity contribution is 4.67. The van der Waals surface area contributed by atoms with E-state index in [1.165, 1.54) is 32.5 Å². The lowest BCUT2D eigenvalue weighted by Gasteiger charge is -2.30. The van der Waals surface area contributed by atoms with Crippen LogP contribution in [0, 0.1) is 0 Å². The van der Waals surface area contributed by atoms with Crippen LogP contribution in [0.25, 0.3) is 0 Å². The summed E-state index contributed by atoms with van der Waals surface area (Å²) in [5.74, 6) is 0. The average Bonchev–Trinajstić information content (AvgIpc) is 1.82. The fourth-order valence-electron chi connectivity index (χ4n) is 1.21. The smallest absolute Gasteiger partial charge is 0.0518 e. The summed E-state index contributed by atoms with van der Waals surface area (Å²) in [6, 6.07) is 0. The molecule has 0 aliphatic carbocycles. The van der Waals surface area contributed by atoms with Gasteiger partial charge in [-0.3, -0.25) is 0 Å². The second kappa shape index (κ2) is 4.73. The molecule has 1 saturated heterocycles. The van der Waals surface area contributed by atoms with E-state index in [1.54, 1.807) is 0 Å². The van der Waals surface area contributed by atoms with E-state index >= 15 is 0 Å². The molecule has 0 saturated carbocycles. The van der Waals surface area contributed by atoms with E-state index < -0.39 is 0 Å². The summed E-state index contributed by atoms with van der Waals surface area (Å²) in [6.07, 6.45) is 2.98. The summed E-state index contributed by atoms with van der Waals surface area (Å²) < 4.78 is 5.43. The molecule has 0 unspecified atom stereocenters. The van der Waals surface area contributed by atoms with Crippen LogP contribution in [-0.4, -0.2) is 37.2 Å². The molecule has 0 radical (unpaired) electrons. The van der Waals surface area contributed by atoms with Gasteiger partial charge < -0.3 is 9.64 Å². The van der Waals surface area contributed by atoms with Crippen molar-refractivity contribution in [3.63, 3.8) is 0 Å². The third-order valence-corrected chi connectivity index (χ3v) is 2.02. The molecule has 1 aliphatic rings. The van der Waals surface area contributed by atoms with Crippen LogP contribution in [0.15, 0.2) is 0 Å². The van der Waals surface area contributed by atoms with Crippen LogP contribution in [0.5, 0.6) is 0 Å². The molecule has 0 spiro atoms. The molecular weight excluding hydrogens is 138 g/mol. The van der Waals surface area contributed by atoms with Gasteiger partial charge >= 0.3 is 0 Å². The first-order chi connectivity index (χ1) is 5.29. The minimum atomic E-state index is 0.395.